The summed E-state index contributed by atoms with van der Waals surface area (Å²) in [6.45, 7) is 5.43. The third kappa shape index (κ3) is 42.2. The van der Waals surface area contributed by atoms with E-state index < -0.39 is 13.9 Å². The topological polar surface area (TPSA) is 94.1 Å². The summed E-state index contributed by atoms with van der Waals surface area (Å²) in [4.78, 5) is 25.0. The molecule has 9 heteroatoms. The predicted molar refractivity (Wildman–Crippen MR) is 222 cm³/mol. The summed E-state index contributed by atoms with van der Waals surface area (Å²) >= 11 is 0. The molecule has 0 aromatic carbocycles. The Kier molecular flexibility index (Phi) is 37.6. The molecule has 0 spiro atoms. The number of hydrogen-bond donors (Lipinski definition) is 0. The summed E-state index contributed by atoms with van der Waals surface area (Å²) in [5.74, 6) is -0.332. The van der Waals surface area contributed by atoms with Crippen LogP contribution in [0, 0.1) is 0 Å². The number of carbonyl (C=O) groups excluding carboxylic acids is 1. The Hall–Kier alpha value is -0.760. The van der Waals surface area contributed by atoms with Crippen LogP contribution < -0.4 is 4.89 Å². The zero-order valence-electron chi connectivity index (χ0n) is 35.7. The van der Waals surface area contributed by atoms with Crippen LogP contribution in [0.3, 0.4) is 0 Å². The second-order valence-electron chi connectivity index (χ2n) is 16.4. The highest BCUT2D eigenvalue weighted by Crippen LogP contribution is 2.38. The lowest BCUT2D eigenvalue weighted by molar-refractivity contribution is -0.870. The Bertz CT molecular complexity index is 863. The summed E-state index contributed by atoms with van der Waals surface area (Å²) in [6, 6.07) is 0. The summed E-state index contributed by atoms with van der Waals surface area (Å²) in [7, 11) is 1.36. The first-order valence-electron chi connectivity index (χ1n) is 22.4. The fraction of sp³-hybridized carbons (Fsp3) is 0.932. The van der Waals surface area contributed by atoms with Crippen molar-refractivity contribution in [2.75, 3.05) is 54.1 Å². The Labute approximate surface area is 329 Å². The van der Waals surface area contributed by atoms with E-state index in [0.717, 1.165) is 32.1 Å². The molecule has 0 aliphatic heterocycles. The van der Waals surface area contributed by atoms with E-state index in [0.29, 0.717) is 24.1 Å². The fourth-order valence-corrected chi connectivity index (χ4v) is 7.03. The predicted octanol–water partition coefficient (Wildman–Crippen LogP) is 12.4. The standard InChI is InChI=1S/C44H88NO7P/c1-6-8-10-12-14-16-18-20-22-23-25-27-29-31-33-35-37-44(46)52-43(42-51-53(47,48)50-40-38-45(3,4)5)41-49-39-36-34-32-30-28-26-24-21-19-17-15-13-11-9-7-2/h19,21,43H,6-18,20,22-42H2,1-5H3/b21-19-. The maximum atomic E-state index is 12.7. The number of nitrogens with zero attached hydrogens (tertiary/aromatic N) is 1. The van der Waals surface area contributed by atoms with Crippen molar-refractivity contribution in [2.24, 2.45) is 0 Å². The van der Waals surface area contributed by atoms with Crippen molar-refractivity contribution in [3.05, 3.63) is 12.2 Å². The van der Waals surface area contributed by atoms with Crippen molar-refractivity contribution in [2.45, 2.75) is 213 Å². The van der Waals surface area contributed by atoms with E-state index in [1.807, 2.05) is 21.1 Å². The maximum absolute atomic E-state index is 12.7. The van der Waals surface area contributed by atoms with Gasteiger partial charge in [0.2, 0.25) is 0 Å². The molecule has 0 saturated heterocycles. The number of phosphoric acid groups is 1. The van der Waals surface area contributed by atoms with E-state index in [9.17, 15) is 14.3 Å². The van der Waals surface area contributed by atoms with Gasteiger partial charge in [0.25, 0.3) is 7.82 Å². The van der Waals surface area contributed by atoms with Gasteiger partial charge in [-0.25, -0.2) is 0 Å². The van der Waals surface area contributed by atoms with Gasteiger partial charge in [-0.3, -0.25) is 9.36 Å². The molecule has 0 radical (unpaired) electrons. The number of rotatable bonds is 42. The Balaban J connectivity index is 4.20. The summed E-state index contributed by atoms with van der Waals surface area (Å²) in [5, 5.41) is 0. The van der Waals surface area contributed by atoms with Crippen LogP contribution in [0.15, 0.2) is 12.2 Å². The molecule has 0 aliphatic rings. The Morgan fingerprint density at radius 3 is 1.43 bits per heavy atom. The van der Waals surface area contributed by atoms with Crippen LogP contribution in [0.4, 0.5) is 0 Å². The van der Waals surface area contributed by atoms with E-state index in [2.05, 4.69) is 26.0 Å². The molecule has 0 saturated carbocycles. The molecule has 0 N–H and O–H groups in total. The molecule has 316 valence electrons. The van der Waals surface area contributed by atoms with Gasteiger partial charge in [-0.15, -0.1) is 0 Å². The second kappa shape index (κ2) is 38.1. The molecule has 0 rings (SSSR count). The summed E-state index contributed by atoms with van der Waals surface area (Å²) < 4.78 is 34.6. The van der Waals surface area contributed by atoms with Crippen molar-refractivity contribution in [3.63, 3.8) is 0 Å². The maximum Gasteiger partial charge on any atom is 0.306 e. The first-order chi connectivity index (χ1) is 25.6. The van der Waals surface area contributed by atoms with Gasteiger partial charge in [0.1, 0.15) is 19.3 Å². The molecule has 8 nitrogen and oxygen atoms in total. The molecule has 2 atom stereocenters. The van der Waals surface area contributed by atoms with Gasteiger partial charge in [-0.05, 0) is 38.5 Å². The average Bonchev–Trinajstić information content (AvgIpc) is 3.11. The van der Waals surface area contributed by atoms with Gasteiger partial charge in [0.15, 0.2) is 0 Å². The monoisotopic (exact) mass is 774 g/mol. The van der Waals surface area contributed by atoms with Crippen LogP contribution in [-0.2, 0) is 27.9 Å². The normalized spacial score (nSPS) is 13.8. The SMILES string of the molecule is CCCCCCC/C=C\CCCCCCCCOCC(COP(=O)([O-])OCC[N+](C)(C)C)OC(=O)CCCCCCCCCCCCCCCCCC. The third-order valence-corrected chi connectivity index (χ3v) is 10.8. The van der Waals surface area contributed by atoms with Crippen LogP contribution in [0.25, 0.3) is 0 Å². The number of ether oxygens (including phenoxy) is 2. The van der Waals surface area contributed by atoms with E-state index in [-0.39, 0.29) is 25.8 Å². The molecule has 0 aromatic rings. The van der Waals surface area contributed by atoms with Crippen LogP contribution in [-0.4, -0.2) is 70.7 Å². The quantitative estimate of drug-likeness (QED) is 0.0200. The first kappa shape index (κ1) is 52.2. The number of hydrogen-bond acceptors (Lipinski definition) is 7. The highest BCUT2D eigenvalue weighted by atomic mass is 31.2. The van der Waals surface area contributed by atoms with Gasteiger partial charge in [-0.1, -0.05) is 174 Å². The van der Waals surface area contributed by atoms with E-state index in [1.165, 1.54) is 154 Å². The number of esters is 1. The number of likely N-dealkylation sites (N-methyl/N-ethyl adjacent to an activating group) is 1. The van der Waals surface area contributed by atoms with Crippen LogP contribution in [0.2, 0.25) is 0 Å². The summed E-state index contributed by atoms with van der Waals surface area (Å²) in [5.41, 5.74) is 0. The van der Waals surface area contributed by atoms with Crippen LogP contribution in [0.1, 0.15) is 206 Å². The van der Waals surface area contributed by atoms with Gasteiger partial charge >= 0.3 is 5.97 Å². The van der Waals surface area contributed by atoms with Gasteiger partial charge in [0.05, 0.1) is 34.4 Å². The van der Waals surface area contributed by atoms with Gasteiger partial charge in [-0.2, -0.15) is 0 Å². The lowest BCUT2D eigenvalue weighted by Gasteiger charge is -2.28. The van der Waals surface area contributed by atoms with Crippen molar-refractivity contribution in [1.82, 2.24) is 0 Å². The summed E-state index contributed by atoms with van der Waals surface area (Å²) in [6.07, 6.45) is 40.7. The first-order valence-corrected chi connectivity index (χ1v) is 23.9. The van der Waals surface area contributed by atoms with Gasteiger partial charge < -0.3 is 27.9 Å². The third-order valence-electron chi connectivity index (χ3n) is 9.82. The molecule has 0 fully saturated rings. The van der Waals surface area contributed by atoms with Crippen molar-refractivity contribution < 1.29 is 37.3 Å². The number of phosphoric ester groups is 1. The molecule has 0 heterocycles. The molecule has 0 bridgehead atoms. The van der Waals surface area contributed by atoms with Crippen LogP contribution >= 0.6 is 7.82 Å². The highest BCUT2D eigenvalue weighted by molar-refractivity contribution is 7.45. The zero-order valence-corrected chi connectivity index (χ0v) is 36.6. The Morgan fingerprint density at radius 2 is 0.981 bits per heavy atom. The largest absolute Gasteiger partial charge is 0.756 e. The minimum absolute atomic E-state index is 0.0282. The minimum atomic E-state index is -4.52. The van der Waals surface area contributed by atoms with Crippen molar-refractivity contribution in [3.8, 4) is 0 Å². The smallest absolute Gasteiger partial charge is 0.306 e. The number of allylic oxidation sites excluding steroid dienone is 2. The van der Waals surface area contributed by atoms with Crippen molar-refractivity contribution in [1.29, 1.82) is 0 Å². The molecule has 0 aliphatic carbocycles. The molecule has 0 amide bonds. The minimum Gasteiger partial charge on any atom is -0.756 e. The Morgan fingerprint density at radius 1 is 0.566 bits per heavy atom. The van der Waals surface area contributed by atoms with E-state index in [1.54, 1.807) is 0 Å². The number of quaternary nitrogens is 1. The molecular formula is C44H88NO7P. The number of unbranched alkanes of at least 4 members (excludes halogenated alkanes) is 26. The van der Waals surface area contributed by atoms with E-state index in [4.69, 9.17) is 18.5 Å². The lowest BCUT2D eigenvalue weighted by Crippen LogP contribution is -2.37. The van der Waals surface area contributed by atoms with Gasteiger partial charge in [0, 0.05) is 13.0 Å². The number of carbonyl (C=O) groups is 1. The molecule has 0 aromatic heterocycles. The van der Waals surface area contributed by atoms with E-state index >= 15 is 0 Å². The molecule has 53 heavy (non-hydrogen) atoms. The second-order valence-corrected chi connectivity index (χ2v) is 17.8. The fourth-order valence-electron chi connectivity index (χ4n) is 6.31. The molecule has 2 unspecified atom stereocenters. The zero-order chi connectivity index (χ0) is 39.1. The average molecular weight is 774 g/mol. The van der Waals surface area contributed by atoms with Crippen LogP contribution in [0.5, 0.6) is 0 Å². The highest BCUT2D eigenvalue weighted by Gasteiger charge is 2.20. The van der Waals surface area contributed by atoms with Crippen molar-refractivity contribution >= 4 is 13.8 Å². The lowest BCUT2D eigenvalue weighted by atomic mass is 10.0. The molecular weight excluding hydrogens is 685 g/mol.